The van der Waals surface area contributed by atoms with Crippen LogP contribution in [0.3, 0.4) is 0 Å². The molecule has 0 spiro atoms. The minimum Gasteiger partial charge on any atom is -0.494 e. The molecule has 0 saturated carbocycles. The Morgan fingerprint density at radius 1 is 1.06 bits per heavy atom. The fraction of sp³-hybridized carbons (Fsp3) is 0.0833. The van der Waals surface area contributed by atoms with Crippen LogP contribution in [0.15, 0.2) is 72.4 Å². The number of rotatable bonds is 7. The monoisotopic (exact) mass is 474 g/mol. The van der Waals surface area contributed by atoms with Crippen LogP contribution in [0.1, 0.15) is 12.5 Å². The summed E-state index contributed by atoms with van der Waals surface area (Å²) in [6.45, 7) is 2.22. The van der Waals surface area contributed by atoms with Crippen LogP contribution in [0, 0.1) is 10.1 Å². The van der Waals surface area contributed by atoms with Gasteiger partial charge in [-0.15, -0.1) is 0 Å². The van der Waals surface area contributed by atoms with Crippen LogP contribution in [0.4, 0.5) is 16.2 Å². The summed E-state index contributed by atoms with van der Waals surface area (Å²) in [7, 11) is 0. The molecule has 0 radical (unpaired) electrons. The summed E-state index contributed by atoms with van der Waals surface area (Å²) in [4.78, 5) is 52.8. The maximum absolute atomic E-state index is 13.1. The number of amides is 4. The number of carbonyl (C=O) groups is 3. The molecule has 1 aromatic heterocycles. The normalized spacial score (nSPS) is 14.6. The summed E-state index contributed by atoms with van der Waals surface area (Å²) < 4.78 is 11.0. The summed E-state index contributed by atoms with van der Waals surface area (Å²) in [6, 6.07) is 14.6. The molecule has 0 unspecified atom stereocenters. The van der Waals surface area contributed by atoms with Gasteiger partial charge in [0.15, 0.2) is 0 Å². The highest BCUT2D eigenvalue weighted by Crippen LogP contribution is 2.26. The number of hydrogen-bond acceptors (Lipinski definition) is 8. The minimum atomic E-state index is -0.856. The second kappa shape index (κ2) is 9.83. The summed E-state index contributed by atoms with van der Waals surface area (Å²) in [5.41, 5.74) is 0.380. The number of urea groups is 1. The Hall–Kier alpha value is -5.06. The number of imide groups is 2. The van der Waals surface area contributed by atoms with Crippen LogP contribution in [0.25, 0.3) is 6.08 Å². The first-order valence-electron chi connectivity index (χ1n) is 10.4. The number of nitrogens with one attached hydrogen (secondary N) is 1. The van der Waals surface area contributed by atoms with Crippen molar-refractivity contribution in [3.05, 3.63) is 88.1 Å². The molecular weight excluding hydrogens is 456 g/mol. The molecule has 11 nitrogen and oxygen atoms in total. The number of nitro groups is 1. The predicted octanol–water partition coefficient (Wildman–Crippen LogP) is 3.85. The van der Waals surface area contributed by atoms with Crippen LogP contribution in [0.2, 0.25) is 0 Å². The first kappa shape index (κ1) is 23.1. The first-order valence-corrected chi connectivity index (χ1v) is 10.4. The molecule has 1 N–H and O–H groups in total. The topological polar surface area (TPSA) is 141 Å². The van der Waals surface area contributed by atoms with Gasteiger partial charge in [-0.25, -0.2) is 14.7 Å². The molecule has 4 amide bonds. The number of benzene rings is 2. The molecule has 0 atom stereocenters. The van der Waals surface area contributed by atoms with Crippen molar-refractivity contribution in [2.45, 2.75) is 6.92 Å². The average molecular weight is 474 g/mol. The molecule has 4 rings (SSSR count). The molecule has 1 aliphatic heterocycles. The van der Waals surface area contributed by atoms with E-state index in [0.717, 1.165) is 11.1 Å². The maximum atomic E-state index is 13.1. The smallest absolute Gasteiger partial charge is 0.335 e. The zero-order valence-corrected chi connectivity index (χ0v) is 18.3. The van der Waals surface area contributed by atoms with Crippen molar-refractivity contribution in [2.75, 3.05) is 11.5 Å². The van der Waals surface area contributed by atoms with E-state index < -0.39 is 22.8 Å². The van der Waals surface area contributed by atoms with Gasteiger partial charge in [0.2, 0.25) is 5.88 Å². The zero-order valence-electron chi connectivity index (χ0n) is 18.3. The highest BCUT2D eigenvalue weighted by Gasteiger charge is 2.36. The van der Waals surface area contributed by atoms with E-state index in [1.165, 1.54) is 24.3 Å². The van der Waals surface area contributed by atoms with Gasteiger partial charge in [0.05, 0.1) is 17.2 Å². The SMILES string of the molecule is CCOc1cccc(N2C(=O)NC(=O)/C(=C/c3ccc(Oc4ccc([N+](=O)[O-])cn4)cc3)C2=O)c1. The second-order valence-electron chi connectivity index (χ2n) is 7.17. The van der Waals surface area contributed by atoms with Crippen LogP contribution in [-0.4, -0.2) is 34.4 Å². The lowest BCUT2D eigenvalue weighted by molar-refractivity contribution is -0.385. The molecular formula is C24H18N4O7. The first-order chi connectivity index (χ1) is 16.9. The van der Waals surface area contributed by atoms with Crippen molar-refractivity contribution in [1.82, 2.24) is 10.3 Å². The van der Waals surface area contributed by atoms with E-state index in [9.17, 15) is 24.5 Å². The van der Waals surface area contributed by atoms with Gasteiger partial charge in [-0.1, -0.05) is 18.2 Å². The van der Waals surface area contributed by atoms with E-state index in [-0.39, 0.29) is 22.8 Å². The Labute approximate surface area is 198 Å². The Kier molecular flexibility index (Phi) is 6.49. The number of hydrogen-bond donors (Lipinski definition) is 1. The fourth-order valence-corrected chi connectivity index (χ4v) is 3.23. The third kappa shape index (κ3) is 5.14. The van der Waals surface area contributed by atoms with Crippen molar-refractivity contribution in [2.24, 2.45) is 0 Å². The number of anilines is 1. The van der Waals surface area contributed by atoms with Crippen LogP contribution in [0.5, 0.6) is 17.4 Å². The Morgan fingerprint density at radius 2 is 1.83 bits per heavy atom. The van der Waals surface area contributed by atoms with Crippen molar-refractivity contribution < 1.29 is 28.8 Å². The number of carbonyl (C=O) groups excluding carboxylic acids is 3. The summed E-state index contributed by atoms with van der Waals surface area (Å²) in [6.07, 6.45) is 2.44. The maximum Gasteiger partial charge on any atom is 0.335 e. The average Bonchev–Trinajstić information content (AvgIpc) is 2.83. The molecule has 176 valence electrons. The van der Waals surface area contributed by atoms with Crippen molar-refractivity contribution in [3.8, 4) is 17.4 Å². The Balaban J connectivity index is 1.54. The highest BCUT2D eigenvalue weighted by molar-refractivity contribution is 6.39. The molecule has 11 heteroatoms. The van der Waals surface area contributed by atoms with E-state index in [0.29, 0.717) is 23.7 Å². The van der Waals surface area contributed by atoms with Gasteiger partial charge < -0.3 is 9.47 Å². The Bertz CT molecular complexity index is 1330. The van der Waals surface area contributed by atoms with E-state index in [4.69, 9.17) is 9.47 Å². The fourth-order valence-electron chi connectivity index (χ4n) is 3.23. The van der Waals surface area contributed by atoms with E-state index >= 15 is 0 Å². The number of pyridine rings is 1. The number of ether oxygens (including phenoxy) is 2. The van der Waals surface area contributed by atoms with Crippen LogP contribution < -0.4 is 19.7 Å². The van der Waals surface area contributed by atoms with E-state index in [2.05, 4.69) is 10.3 Å². The molecule has 35 heavy (non-hydrogen) atoms. The molecule has 0 aliphatic carbocycles. The quantitative estimate of drug-likeness (QED) is 0.236. The van der Waals surface area contributed by atoms with Gasteiger partial charge in [-0.2, -0.15) is 0 Å². The third-order valence-corrected chi connectivity index (χ3v) is 4.83. The minimum absolute atomic E-state index is 0.159. The lowest BCUT2D eigenvalue weighted by Gasteiger charge is -2.26. The van der Waals surface area contributed by atoms with Gasteiger partial charge >= 0.3 is 6.03 Å². The van der Waals surface area contributed by atoms with Gasteiger partial charge in [-0.3, -0.25) is 25.0 Å². The number of aromatic nitrogens is 1. The molecule has 3 aromatic rings. The Morgan fingerprint density at radius 3 is 2.49 bits per heavy atom. The third-order valence-electron chi connectivity index (χ3n) is 4.83. The molecule has 1 saturated heterocycles. The summed E-state index contributed by atoms with van der Waals surface area (Å²) in [5, 5.41) is 12.9. The van der Waals surface area contributed by atoms with Gasteiger partial charge in [0.25, 0.3) is 17.5 Å². The summed E-state index contributed by atoms with van der Waals surface area (Å²) in [5.74, 6) is -0.564. The lowest BCUT2D eigenvalue weighted by Crippen LogP contribution is -2.54. The van der Waals surface area contributed by atoms with Crippen molar-refractivity contribution >= 4 is 35.3 Å². The van der Waals surface area contributed by atoms with Crippen LogP contribution in [-0.2, 0) is 9.59 Å². The second-order valence-corrected chi connectivity index (χ2v) is 7.17. The van der Waals surface area contributed by atoms with Crippen molar-refractivity contribution in [1.29, 1.82) is 0 Å². The standard InChI is InChI=1S/C24H18N4O7/c1-2-34-19-5-3-4-16(13-19)27-23(30)20(22(29)26-24(27)31)12-15-6-9-18(10-7-15)35-21-11-8-17(14-25-21)28(32)33/h3-14H,2H2,1H3,(H,26,29,31)/b20-12-. The molecule has 2 heterocycles. The molecule has 1 aliphatic rings. The van der Waals surface area contributed by atoms with Crippen LogP contribution >= 0.6 is 0 Å². The van der Waals surface area contributed by atoms with E-state index in [1.54, 1.807) is 42.5 Å². The molecule has 2 aromatic carbocycles. The van der Waals surface area contributed by atoms with Gasteiger partial charge in [0.1, 0.15) is 23.3 Å². The molecule has 0 bridgehead atoms. The number of barbiturate groups is 1. The van der Waals surface area contributed by atoms with Crippen molar-refractivity contribution in [3.63, 3.8) is 0 Å². The number of nitrogens with zero attached hydrogens (tertiary/aromatic N) is 3. The van der Waals surface area contributed by atoms with E-state index in [1.807, 2.05) is 6.92 Å². The summed E-state index contributed by atoms with van der Waals surface area (Å²) >= 11 is 0. The highest BCUT2D eigenvalue weighted by atomic mass is 16.6. The lowest BCUT2D eigenvalue weighted by atomic mass is 10.1. The predicted molar refractivity (Wildman–Crippen MR) is 124 cm³/mol. The van der Waals surface area contributed by atoms with Gasteiger partial charge in [0, 0.05) is 18.2 Å². The van der Waals surface area contributed by atoms with Gasteiger partial charge in [-0.05, 0) is 42.8 Å². The largest absolute Gasteiger partial charge is 0.494 e. The molecule has 1 fully saturated rings. The zero-order chi connectivity index (χ0) is 24.9.